The van der Waals surface area contributed by atoms with Gasteiger partial charge < -0.3 is 5.32 Å². The van der Waals surface area contributed by atoms with Gasteiger partial charge in [-0.3, -0.25) is 4.68 Å². The topological polar surface area (TPSA) is 29.9 Å². The number of hydrogen-bond acceptors (Lipinski definition) is 2. The van der Waals surface area contributed by atoms with Gasteiger partial charge in [0.05, 0.1) is 6.20 Å². The summed E-state index contributed by atoms with van der Waals surface area (Å²) in [5.41, 5.74) is 1.40. The van der Waals surface area contributed by atoms with Gasteiger partial charge in [-0.1, -0.05) is 19.1 Å². The first-order valence-electron chi connectivity index (χ1n) is 6.45. The zero-order valence-electron chi connectivity index (χ0n) is 11.5. The Morgan fingerprint density at radius 1 is 1.41 bits per heavy atom. The molecular weight excluding hydrogens is 210 g/mol. The Morgan fingerprint density at radius 3 is 2.82 bits per heavy atom. The van der Waals surface area contributed by atoms with E-state index in [1.807, 2.05) is 10.9 Å². The van der Waals surface area contributed by atoms with Crippen LogP contribution in [0.5, 0.6) is 0 Å². The molecule has 0 spiro atoms. The van der Waals surface area contributed by atoms with E-state index in [9.17, 15) is 0 Å². The van der Waals surface area contributed by atoms with Crippen LogP contribution >= 0.6 is 0 Å². The van der Waals surface area contributed by atoms with Gasteiger partial charge in [-0.15, -0.1) is 0 Å². The second-order valence-electron chi connectivity index (χ2n) is 5.40. The summed E-state index contributed by atoms with van der Waals surface area (Å²) in [6.07, 6.45) is 10.5. The molecule has 0 unspecified atom stereocenters. The Bertz CT molecular complexity index is 345. The predicted octanol–water partition coefficient (Wildman–Crippen LogP) is 3.08. The van der Waals surface area contributed by atoms with Gasteiger partial charge in [0.25, 0.3) is 0 Å². The maximum atomic E-state index is 4.29. The molecule has 0 aliphatic rings. The third-order valence-corrected chi connectivity index (χ3v) is 2.38. The monoisotopic (exact) mass is 235 g/mol. The highest BCUT2D eigenvalue weighted by Crippen LogP contribution is 2.03. The van der Waals surface area contributed by atoms with Crippen LogP contribution in [-0.2, 0) is 6.54 Å². The SMILES string of the molecule is CCCn1cc(C=CCCNC(C)(C)C)cn1. The molecule has 0 bridgehead atoms. The van der Waals surface area contributed by atoms with Crippen molar-refractivity contribution < 1.29 is 0 Å². The Kier molecular flexibility index (Phi) is 5.42. The molecule has 1 N–H and O–H groups in total. The molecule has 1 heterocycles. The van der Waals surface area contributed by atoms with E-state index >= 15 is 0 Å². The van der Waals surface area contributed by atoms with Crippen LogP contribution in [0.4, 0.5) is 0 Å². The molecule has 0 atom stereocenters. The lowest BCUT2D eigenvalue weighted by Crippen LogP contribution is -2.36. The summed E-state index contributed by atoms with van der Waals surface area (Å²) in [4.78, 5) is 0. The molecule has 0 aromatic carbocycles. The molecule has 1 aromatic heterocycles. The van der Waals surface area contributed by atoms with Crippen LogP contribution in [-0.4, -0.2) is 21.9 Å². The first-order chi connectivity index (χ1) is 8.01. The number of aryl methyl sites for hydroxylation is 1. The van der Waals surface area contributed by atoms with Crippen molar-refractivity contribution in [3.05, 3.63) is 24.0 Å². The molecule has 17 heavy (non-hydrogen) atoms. The van der Waals surface area contributed by atoms with Crippen LogP contribution in [0.2, 0.25) is 0 Å². The molecule has 3 nitrogen and oxygen atoms in total. The summed E-state index contributed by atoms with van der Waals surface area (Å²) in [5.74, 6) is 0. The molecule has 96 valence electrons. The minimum atomic E-state index is 0.208. The molecule has 0 saturated heterocycles. The van der Waals surface area contributed by atoms with E-state index in [-0.39, 0.29) is 5.54 Å². The average Bonchev–Trinajstić information content (AvgIpc) is 2.64. The minimum Gasteiger partial charge on any atom is -0.312 e. The fourth-order valence-corrected chi connectivity index (χ4v) is 1.57. The smallest absolute Gasteiger partial charge is 0.0562 e. The molecule has 0 saturated carbocycles. The zero-order chi connectivity index (χ0) is 12.7. The third kappa shape index (κ3) is 6.27. The van der Waals surface area contributed by atoms with Crippen LogP contribution in [0, 0.1) is 0 Å². The van der Waals surface area contributed by atoms with Gasteiger partial charge in [-0.25, -0.2) is 0 Å². The summed E-state index contributed by atoms with van der Waals surface area (Å²) >= 11 is 0. The van der Waals surface area contributed by atoms with Crippen LogP contribution in [0.3, 0.4) is 0 Å². The minimum absolute atomic E-state index is 0.208. The number of hydrogen-bond donors (Lipinski definition) is 1. The van der Waals surface area contributed by atoms with E-state index in [4.69, 9.17) is 0 Å². The van der Waals surface area contributed by atoms with Crippen LogP contribution in [0.25, 0.3) is 6.08 Å². The van der Waals surface area contributed by atoms with Crippen molar-refractivity contribution in [3.63, 3.8) is 0 Å². The van der Waals surface area contributed by atoms with Gasteiger partial charge in [-0.2, -0.15) is 5.10 Å². The van der Waals surface area contributed by atoms with E-state index in [1.54, 1.807) is 0 Å². The van der Waals surface area contributed by atoms with Crippen molar-refractivity contribution in [1.82, 2.24) is 15.1 Å². The van der Waals surface area contributed by atoms with Gasteiger partial charge in [-0.05, 0) is 40.2 Å². The highest BCUT2D eigenvalue weighted by Gasteiger charge is 2.06. The zero-order valence-corrected chi connectivity index (χ0v) is 11.5. The first kappa shape index (κ1) is 14.0. The van der Waals surface area contributed by atoms with E-state index in [0.29, 0.717) is 0 Å². The van der Waals surface area contributed by atoms with Crippen molar-refractivity contribution in [1.29, 1.82) is 0 Å². The molecule has 1 aromatic rings. The highest BCUT2D eigenvalue weighted by atomic mass is 15.3. The number of rotatable bonds is 6. The molecule has 1 rings (SSSR count). The lowest BCUT2D eigenvalue weighted by molar-refractivity contribution is 0.431. The maximum Gasteiger partial charge on any atom is 0.0562 e. The Balaban J connectivity index is 2.28. The standard InChI is InChI=1S/C14H25N3/c1-5-10-17-12-13(11-16-17)8-6-7-9-15-14(2,3)4/h6,8,11-12,15H,5,7,9-10H2,1-4H3. The van der Waals surface area contributed by atoms with Gasteiger partial charge in [0.1, 0.15) is 0 Å². The van der Waals surface area contributed by atoms with Gasteiger partial charge in [0.15, 0.2) is 0 Å². The predicted molar refractivity (Wildman–Crippen MR) is 73.9 cm³/mol. The van der Waals surface area contributed by atoms with Crippen molar-refractivity contribution >= 4 is 6.08 Å². The summed E-state index contributed by atoms with van der Waals surface area (Å²) in [7, 11) is 0. The third-order valence-electron chi connectivity index (χ3n) is 2.38. The van der Waals surface area contributed by atoms with E-state index in [2.05, 4.69) is 56.5 Å². The van der Waals surface area contributed by atoms with Crippen LogP contribution in [0.15, 0.2) is 18.5 Å². The fraction of sp³-hybridized carbons (Fsp3) is 0.643. The average molecular weight is 235 g/mol. The lowest BCUT2D eigenvalue weighted by Gasteiger charge is -2.19. The molecule has 0 aliphatic carbocycles. The molecule has 0 aliphatic heterocycles. The van der Waals surface area contributed by atoms with Crippen molar-refractivity contribution in [2.75, 3.05) is 6.54 Å². The normalized spacial score (nSPS) is 12.5. The quantitative estimate of drug-likeness (QED) is 0.768. The van der Waals surface area contributed by atoms with Gasteiger partial charge in [0.2, 0.25) is 0 Å². The Morgan fingerprint density at radius 2 is 2.18 bits per heavy atom. The maximum absolute atomic E-state index is 4.29. The van der Waals surface area contributed by atoms with E-state index in [0.717, 1.165) is 25.9 Å². The Hall–Kier alpha value is -1.09. The largest absolute Gasteiger partial charge is 0.312 e. The van der Waals surface area contributed by atoms with Crippen molar-refractivity contribution in [3.8, 4) is 0 Å². The Labute approximate surface area is 105 Å². The van der Waals surface area contributed by atoms with Crippen LogP contribution in [0.1, 0.15) is 46.1 Å². The summed E-state index contributed by atoms with van der Waals surface area (Å²) < 4.78 is 1.99. The summed E-state index contributed by atoms with van der Waals surface area (Å²) in [6, 6.07) is 0. The van der Waals surface area contributed by atoms with Crippen molar-refractivity contribution in [2.45, 2.75) is 52.6 Å². The fourth-order valence-electron chi connectivity index (χ4n) is 1.57. The van der Waals surface area contributed by atoms with Gasteiger partial charge >= 0.3 is 0 Å². The number of nitrogens with one attached hydrogen (secondary N) is 1. The number of nitrogens with zero attached hydrogens (tertiary/aromatic N) is 2. The van der Waals surface area contributed by atoms with E-state index < -0.39 is 0 Å². The van der Waals surface area contributed by atoms with Crippen LogP contribution < -0.4 is 5.32 Å². The molecule has 0 fully saturated rings. The summed E-state index contributed by atoms with van der Waals surface area (Å²) in [5, 5.41) is 7.76. The van der Waals surface area contributed by atoms with Gasteiger partial charge in [0, 0.05) is 23.8 Å². The molecule has 0 amide bonds. The summed E-state index contributed by atoms with van der Waals surface area (Å²) in [6.45, 7) is 10.7. The molecule has 3 heteroatoms. The highest BCUT2D eigenvalue weighted by molar-refractivity contribution is 5.46. The lowest BCUT2D eigenvalue weighted by atomic mass is 10.1. The van der Waals surface area contributed by atoms with Crippen molar-refractivity contribution in [2.24, 2.45) is 0 Å². The second-order valence-corrected chi connectivity index (χ2v) is 5.40. The molecule has 0 radical (unpaired) electrons. The second kappa shape index (κ2) is 6.60. The number of aromatic nitrogens is 2. The molecular formula is C14H25N3. The van der Waals surface area contributed by atoms with E-state index in [1.165, 1.54) is 5.56 Å². The first-order valence-corrected chi connectivity index (χ1v) is 6.45.